The fraction of sp³-hybridized carbons (Fsp3) is 0.583. The molecule has 4 heterocycles. The number of hydrogen-bond donors (Lipinski definition) is 0. The highest BCUT2D eigenvalue weighted by Gasteiger charge is 2.35. The van der Waals surface area contributed by atoms with E-state index in [1.165, 1.54) is 0 Å². The zero-order valence-electron chi connectivity index (χ0n) is 18.7. The lowest BCUT2D eigenvalue weighted by molar-refractivity contribution is -0.132. The van der Waals surface area contributed by atoms with Gasteiger partial charge in [-0.1, -0.05) is 11.2 Å². The molecule has 2 amide bonds. The number of pyridine rings is 1. The Bertz CT molecular complexity index is 955. The average molecular weight is 455 g/mol. The third-order valence-corrected chi connectivity index (χ3v) is 6.57. The molecule has 0 radical (unpaired) electrons. The quantitative estimate of drug-likeness (QED) is 0.633. The minimum absolute atomic E-state index is 0.0143. The van der Waals surface area contributed by atoms with E-state index < -0.39 is 0 Å². The van der Waals surface area contributed by atoms with Gasteiger partial charge in [-0.2, -0.15) is 0 Å². The molecule has 2 saturated heterocycles. The lowest BCUT2D eigenvalue weighted by atomic mass is 9.99. The van der Waals surface area contributed by atoms with Gasteiger partial charge < -0.3 is 23.8 Å². The van der Waals surface area contributed by atoms with E-state index in [1.807, 2.05) is 17.0 Å². The molecule has 1 atom stereocenters. The van der Waals surface area contributed by atoms with Crippen molar-refractivity contribution in [1.29, 1.82) is 0 Å². The Kier molecular flexibility index (Phi) is 6.68. The van der Waals surface area contributed by atoms with Gasteiger partial charge in [-0.05, 0) is 43.2 Å². The summed E-state index contributed by atoms with van der Waals surface area (Å²) in [5.41, 5.74) is 1.21. The summed E-state index contributed by atoms with van der Waals surface area (Å²) in [4.78, 5) is 33.9. The summed E-state index contributed by atoms with van der Waals surface area (Å²) in [6, 6.07) is 5.54. The molecule has 0 spiro atoms. The van der Waals surface area contributed by atoms with Gasteiger partial charge in [0.2, 0.25) is 5.91 Å². The van der Waals surface area contributed by atoms with Gasteiger partial charge in [0.1, 0.15) is 12.3 Å². The Morgan fingerprint density at radius 2 is 2.03 bits per heavy atom. The van der Waals surface area contributed by atoms with Crippen LogP contribution >= 0.6 is 0 Å². The van der Waals surface area contributed by atoms with Gasteiger partial charge >= 0.3 is 0 Å². The van der Waals surface area contributed by atoms with Gasteiger partial charge in [-0.25, -0.2) is 0 Å². The molecule has 0 N–H and O–H groups in total. The van der Waals surface area contributed by atoms with Crippen molar-refractivity contribution < 1.29 is 23.6 Å². The van der Waals surface area contributed by atoms with Crippen LogP contribution in [0.15, 0.2) is 35.1 Å². The predicted octanol–water partition coefficient (Wildman–Crippen LogP) is 2.24. The van der Waals surface area contributed by atoms with E-state index in [0.717, 1.165) is 50.2 Å². The fourth-order valence-corrected chi connectivity index (χ4v) is 4.47. The molecule has 2 aromatic heterocycles. The molecule has 3 fully saturated rings. The van der Waals surface area contributed by atoms with Crippen LogP contribution in [-0.4, -0.2) is 77.3 Å². The van der Waals surface area contributed by atoms with Crippen molar-refractivity contribution >= 4 is 11.8 Å². The zero-order chi connectivity index (χ0) is 22.6. The smallest absolute Gasteiger partial charge is 0.276 e. The molecule has 33 heavy (non-hydrogen) atoms. The van der Waals surface area contributed by atoms with Crippen LogP contribution in [-0.2, 0) is 20.9 Å². The number of rotatable bonds is 7. The maximum Gasteiger partial charge on any atom is 0.276 e. The highest BCUT2D eigenvalue weighted by atomic mass is 16.5. The molecule has 176 valence electrons. The first-order valence-electron chi connectivity index (χ1n) is 11.8. The number of ether oxygens (including phenoxy) is 2. The largest absolute Gasteiger partial charge is 0.381 e. The van der Waals surface area contributed by atoms with E-state index in [4.69, 9.17) is 14.0 Å². The van der Waals surface area contributed by atoms with Crippen LogP contribution < -0.4 is 0 Å². The molecule has 1 aliphatic carbocycles. The van der Waals surface area contributed by atoms with Gasteiger partial charge in [0.25, 0.3) is 5.91 Å². The third kappa shape index (κ3) is 5.59. The summed E-state index contributed by atoms with van der Waals surface area (Å²) in [7, 11) is 0. The lowest BCUT2D eigenvalue weighted by Gasteiger charge is -2.30. The summed E-state index contributed by atoms with van der Waals surface area (Å²) >= 11 is 0. The second kappa shape index (κ2) is 10.0. The maximum atomic E-state index is 13.2. The van der Waals surface area contributed by atoms with Crippen LogP contribution in [0.1, 0.15) is 53.4 Å². The predicted molar refractivity (Wildman–Crippen MR) is 117 cm³/mol. The SMILES string of the molecule is O=C1CN(C(=O)c2cc(C3CC3)on2)C[C@H](OCc2cccnc2)CN1CC1CCOCC1. The second-order valence-corrected chi connectivity index (χ2v) is 9.22. The first kappa shape index (κ1) is 22.0. The molecule has 9 nitrogen and oxygen atoms in total. The van der Waals surface area contributed by atoms with Crippen LogP contribution in [0.4, 0.5) is 0 Å². The van der Waals surface area contributed by atoms with Gasteiger partial charge in [-0.3, -0.25) is 14.6 Å². The van der Waals surface area contributed by atoms with Crippen molar-refractivity contribution in [2.75, 3.05) is 39.4 Å². The molecule has 2 aliphatic heterocycles. The maximum absolute atomic E-state index is 13.2. The van der Waals surface area contributed by atoms with E-state index in [2.05, 4.69) is 10.1 Å². The van der Waals surface area contributed by atoms with Gasteiger partial charge in [0.15, 0.2) is 5.69 Å². The molecule has 3 aliphatic rings. The van der Waals surface area contributed by atoms with Crippen molar-refractivity contribution in [2.45, 2.75) is 44.3 Å². The molecular formula is C24H30N4O5. The number of hydrogen-bond acceptors (Lipinski definition) is 7. The van der Waals surface area contributed by atoms with E-state index in [0.29, 0.717) is 38.1 Å². The van der Waals surface area contributed by atoms with Gasteiger partial charge in [-0.15, -0.1) is 0 Å². The highest BCUT2D eigenvalue weighted by molar-refractivity contribution is 5.95. The minimum atomic E-state index is -0.310. The number of nitrogens with zero attached hydrogens (tertiary/aromatic N) is 4. The summed E-state index contributed by atoms with van der Waals surface area (Å²) < 4.78 is 17.0. The van der Waals surface area contributed by atoms with Crippen LogP contribution in [0.25, 0.3) is 0 Å². The van der Waals surface area contributed by atoms with Crippen LogP contribution in [0.2, 0.25) is 0 Å². The Balaban J connectivity index is 1.30. The molecule has 9 heteroatoms. The van der Waals surface area contributed by atoms with Gasteiger partial charge in [0, 0.05) is 57.2 Å². The summed E-state index contributed by atoms with van der Waals surface area (Å²) in [6.07, 6.45) is 7.19. The molecule has 0 aromatic carbocycles. The lowest BCUT2D eigenvalue weighted by Crippen LogP contribution is -2.42. The number of aromatic nitrogens is 2. The fourth-order valence-electron chi connectivity index (χ4n) is 4.47. The van der Waals surface area contributed by atoms with Crippen molar-refractivity contribution in [3.8, 4) is 0 Å². The Hall–Kier alpha value is -2.78. The van der Waals surface area contributed by atoms with Crippen LogP contribution in [0, 0.1) is 5.92 Å². The topological polar surface area (TPSA) is 98.0 Å². The van der Waals surface area contributed by atoms with Crippen LogP contribution in [0.5, 0.6) is 0 Å². The average Bonchev–Trinajstić information content (AvgIpc) is 3.60. The van der Waals surface area contributed by atoms with Gasteiger partial charge in [0.05, 0.1) is 12.7 Å². The van der Waals surface area contributed by atoms with E-state index >= 15 is 0 Å². The molecule has 1 saturated carbocycles. The van der Waals surface area contributed by atoms with Crippen LogP contribution in [0.3, 0.4) is 0 Å². The van der Waals surface area contributed by atoms with E-state index in [1.54, 1.807) is 23.4 Å². The molecular weight excluding hydrogens is 424 g/mol. The monoisotopic (exact) mass is 454 g/mol. The Morgan fingerprint density at radius 3 is 2.79 bits per heavy atom. The van der Waals surface area contributed by atoms with E-state index in [9.17, 15) is 9.59 Å². The molecule has 2 aromatic rings. The Labute approximate surface area is 193 Å². The van der Waals surface area contributed by atoms with Crippen molar-refractivity contribution in [3.05, 3.63) is 47.6 Å². The second-order valence-electron chi connectivity index (χ2n) is 9.22. The summed E-state index contributed by atoms with van der Waals surface area (Å²) in [5.74, 6) is 1.18. The Morgan fingerprint density at radius 1 is 1.18 bits per heavy atom. The van der Waals surface area contributed by atoms with Crippen molar-refractivity contribution in [3.63, 3.8) is 0 Å². The molecule has 0 unspecified atom stereocenters. The third-order valence-electron chi connectivity index (χ3n) is 6.57. The summed E-state index contributed by atoms with van der Waals surface area (Å²) in [6.45, 7) is 3.28. The molecule has 5 rings (SSSR count). The van der Waals surface area contributed by atoms with E-state index in [-0.39, 0.29) is 30.2 Å². The number of carbonyl (C=O) groups excluding carboxylic acids is 2. The normalized spacial score (nSPS) is 22.4. The van der Waals surface area contributed by atoms with Crippen molar-refractivity contribution in [2.24, 2.45) is 5.92 Å². The zero-order valence-corrected chi connectivity index (χ0v) is 18.7. The first-order chi connectivity index (χ1) is 16.2. The first-order valence-corrected chi connectivity index (χ1v) is 11.8. The number of amides is 2. The summed E-state index contributed by atoms with van der Waals surface area (Å²) in [5, 5.41) is 3.99. The molecule has 0 bridgehead atoms. The highest BCUT2D eigenvalue weighted by Crippen LogP contribution is 2.40. The standard InChI is InChI=1S/C24H30N4O5/c29-23-15-28(24(30)21-10-22(33-26-21)19-3-4-19)14-20(32-16-18-2-1-7-25-11-18)13-27(23)12-17-5-8-31-9-6-17/h1-2,7,10-11,17,19-20H,3-6,8-9,12-16H2/t20-/m1/s1. The minimum Gasteiger partial charge on any atom is -0.381 e. The number of carbonyl (C=O) groups is 2. The van der Waals surface area contributed by atoms with Crippen molar-refractivity contribution in [1.82, 2.24) is 19.9 Å².